The molecule has 9 heteroatoms. The molecule has 0 radical (unpaired) electrons. The molecule has 0 amide bonds. The van der Waals surface area contributed by atoms with Crippen LogP contribution >= 0.6 is 0 Å². The normalized spacial score (nSPS) is 12.3. The highest BCUT2D eigenvalue weighted by molar-refractivity contribution is 7.84. The summed E-state index contributed by atoms with van der Waals surface area (Å²) in [4.78, 5) is 22.2. The molecule has 3 heterocycles. The number of H-pyrrole nitrogens is 1. The van der Waals surface area contributed by atoms with Crippen LogP contribution in [0, 0.1) is 17.0 Å². The molecule has 0 aliphatic heterocycles. The Labute approximate surface area is 156 Å². The average molecular weight is 381 g/mol. The van der Waals surface area contributed by atoms with E-state index in [9.17, 15) is 14.3 Å². The summed E-state index contributed by atoms with van der Waals surface area (Å²) in [7, 11) is -1.50. The minimum Gasteiger partial charge on any atom is -0.331 e. The van der Waals surface area contributed by atoms with Gasteiger partial charge in [-0.15, -0.1) is 0 Å². The predicted molar refractivity (Wildman–Crippen MR) is 101 cm³/mol. The zero-order valence-electron chi connectivity index (χ0n) is 14.3. The minimum atomic E-state index is -1.50. The number of pyridine rings is 1. The van der Waals surface area contributed by atoms with Crippen molar-refractivity contribution in [1.82, 2.24) is 19.5 Å². The van der Waals surface area contributed by atoms with Crippen LogP contribution < -0.4 is 0 Å². The van der Waals surface area contributed by atoms with Crippen molar-refractivity contribution in [2.75, 3.05) is 0 Å². The summed E-state index contributed by atoms with van der Waals surface area (Å²) in [5, 5.41) is 11.4. The Balaban J connectivity index is 1.64. The molecular weight excluding hydrogens is 366 g/mol. The van der Waals surface area contributed by atoms with Crippen LogP contribution in [-0.2, 0) is 16.6 Å². The second-order valence-corrected chi connectivity index (χ2v) is 7.35. The molecule has 0 aliphatic rings. The van der Waals surface area contributed by atoms with Gasteiger partial charge >= 0.3 is 0 Å². The third-order valence-electron chi connectivity index (χ3n) is 4.31. The van der Waals surface area contributed by atoms with Crippen LogP contribution in [0.5, 0.6) is 0 Å². The first kappa shape index (κ1) is 17.1. The monoisotopic (exact) mass is 381 g/mol. The first-order valence-electron chi connectivity index (χ1n) is 8.13. The molecule has 0 fully saturated rings. The molecule has 4 rings (SSSR count). The number of fused-ring (bicyclic) bond motifs is 1. The molecule has 1 aromatic carbocycles. The predicted octanol–water partition coefficient (Wildman–Crippen LogP) is 3.27. The average Bonchev–Trinajstić information content (AvgIpc) is 3.32. The van der Waals surface area contributed by atoms with Gasteiger partial charge in [-0.2, -0.15) is 0 Å². The standard InChI is InChI=1S/C18H15N5O3S/c1-12-16(19-7-6-17(12)23(24)25)11-27(26)18-20-14-5-4-13(10-15(14)21-18)22-8-2-3-9-22/h2-10H,11H2,1H3,(H,20,21). The lowest BCUT2D eigenvalue weighted by Gasteiger charge is -2.04. The van der Waals surface area contributed by atoms with Crippen LogP contribution in [-0.4, -0.2) is 28.7 Å². The van der Waals surface area contributed by atoms with Crippen molar-refractivity contribution >= 4 is 27.5 Å². The lowest BCUT2D eigenvalue weighted by Crippen LogP contribution is -2.04. The maximum absolute atomic E-state index is 12.7. The number of hydrogen-bond acceptors (Lipinski definition) is 5. The van der Waals surface area contributed by atoms with Gasteiger partial charge in [-0.3, -0.25) is 19.3 Å². The van der Waals surface area contributed by atoms with Crippen molar-refractivity contribution in [2.24, 2.45) is 0 Å². The quantitative estimate of drug-likeness (QED) is 0.422. The van der Waals surface area contributed by atoms with Gasteiger partial charge < -0.3 is 9.55 Å². The lowest BCUT2D eigenvalue weighted by atomic mass is 10.2. The van der Waals surface area contributed by atoms with Gasteiger partial charge in [-0.05, 0) is 37.3 Å². The van der Waals surface area contributed by atoms with Gasteiger partial charge in [-0.25, -0.2) is 4.98 Å². The zero-order chi connectivity index (χ0) is 19.0. The van der Waals surface area contributed by atoms with Gasteiger partial charge in [0, 0.05) is 35.9 Å². The van der Waals surface area contributed by atoms with Crippen molar-refractivity contribution in [3.8, 4) is 5.69 Å². The zero-order valence-corrected chi connectivity index (χ0v) is 15.1. The van der Waals surface area contributed by atoms with E-state index in [2.05, 4.69) is 15.0 Å². The number of nitrogens with zero attached hydrogens (tertiary/aromatic N) is 4. The van der Waals surface area contributed by atoms with Crippen molar-refractivity contribution in [3.63, 3.8) is 0 Å². The SMILES string of the molecule is Cc1c([N+](=O)[O-])ccnc1CS(=O)c1nc2ccc(-n3cccc3)cc2[nH]1. The Bertz CT molecular complexity index is 1170. The maximum Gasteiger partial charge on any atom is 0.275 e. The minimum absolute atomic E-state index is 0.0297. The molecule has 0 saturated heterocycles. The second kappa shape index (κ2) is 6.76. The molecule has 27 heavy (non-hydrogen) atoms. The molecule has 3 aromatic heterocycles. The number of imidazole rings is 1. The molecule has 1 N–H and O–H groups in total. The molecule has 0 bridgehead atoms. The summed E-state index contributed by atoms with van der Waals surface area (Å²) in [5.74, 6) is 0.0534. The number of hydrogen-bond donors (Lipinski definition) is 1. The van der Waals surface area contributed by atoms with Crippen LogP contribution in [0.25, 0.3) is 16.7 Å². The Morgan fingerprint density at radius 1 is 1.26 bits per heavy atom. The summed E-state index contributed by atoms with van der Waals surface area (Å²) < 4.78 is 14.7. The van der Waals surface area contributed by atoms with Gasteiger partial charge in [0.15, 0.2) is 5.16 Å². The summed E-state index contributed by atoms with van der Waals surface area (Å²) in [6, 6.07) is 10.9. The van der Waals surface area contributed by atoms with E-state index in [4.69, 9.17) is 0 Å². The molecule has 8 nitrogen and oxygen atoms in total. The Kier molecular flexibility index (Phi) is 4.28. The van der Waals surface area contributed by atoms with E-state index < -0.39 is 15.7 Å². The fourth-order valence-corrected chi connectivity index (χ4v) is 3.95. The molecule has 1 unspecified atom stereocenters. The van der Waals surface area contributed by atoms with E-state index in [1.165, 1.54) is 12.3 Å². The fraction of sp³-hybridized carbons (Fsp3) is 0.111. The van der Waals surface area contributed by atoms with Gasteiger partial charge in [0.05, 0.1) is 38.2 Å². The lowest BCUT2D eigenvalue weighted by molar-refractivity contribution is -0.385. The third-order valence-corrected chi connectivity index (χ3v) is 5.47. The Hall–Kier alpha value is -3.33. The van der Waals surface area contributed by atoms with Gasteiger partial charge in [-0.1, -0.05) is 0 Å². The molecule has 4 aromatic rings. The fourth-order valence-electron chi connectivity index (χ4n) is 2.85. The van der Waals surface area contributed by atoms with Crippen LogP contribution in [0.4, 0.5) is 5.69 Å². The van der Waals surface area contributed by atoms with Crippen LogP contribution in [0.15, 0.2) is 60.1 Å². The number of benzene rings is 1. The summed E-state index contributed by atoms with van der Waals surface area (Å²) in [6.07, 6.45) is 5.24. The highest BCUT2D eigenvalue weighted by Crippen LogP contribution is 2.23. The Morgan fingerprint density at radius 2 is 2.04 bits per heavy atom. The number of aromatic amines is 1. The van der Waals surface area contributed by atoms with Crippen LogP contribution in [0.1, 0.15) is 11.3 Å². The van der Waals surface area contributed by atoms with E-state index in [1.54, 1.807) is 6.92 Å². The van der Waals surface area contributed by atoms with Crippen molar-refractivity contribution in [1.29, 1.82) is 0 Å². The van der Waals surface area contributed by atoms with E-state index in [0.717, 1.165) is 11.2 Å². The Morgan fingerprint density at radius 3 is 2.78 bits per heavy atom. The topological polar surface area (TPSA) is 107 Å². The molecule has 0 saturated carbocycles. The van der Waals surface area contributed by atoms with Crippen LogP contribution in [0.3, 0.4) is 0 Å². The van der Waals surface area contributed by atoms with E-state index >= 15 is 0 Å². The van der Waals surface area contributed by atoms with Gasteiger partial charge in [0.25, 0.3) is 5.69 Å². The molecule has 1 atom stereocenters. The van der Waals surface area contributed by atoms with E-state index in [1.807, 2.05) is 47.3 Å². The van der Waals surface area contributed by atoms with Crippen molar-refractivity contribution in [3.05, 3.63) is 76.4 Å². The number of aromatic nitrogens is 4. The van der Waals surface area contributed by atoms with Crippen molar-refractivity contribution < 1.29 is 9.13 Å². The first-order chi connectivity index (χ1) is 13.0. The van der Waals surface area contributed by atoms with E-state index in [0.29, 0.717) is 21.9 Å². The van der Waals surface area contributed by atoms with Gasteiger partial charge in [0.1, 0.15) is 0 Å². The summed E-state index contributed by atoms with van der Waals surface area (Å²) in [5.41, 5.74) is 3.26. The molecule has 0 aliphatic carbocycles. The maximum atomic E-state index is 12.7. The highest BCUT2D eigenvalue weighted by atomic mass is 32.2. The van der Waals surface area contributed by atoms with Crippen molar-refractivity contribution in [2.45, 2.75) is 17.8 Å². The molecule has 136 valence electrons. The van der Waals surface area contributed by atoms with E-state index in [-0.39, 0.29) is 11.4 Å². The number of nitrogens with one attached hydrogen (secondary N) is 1. The summed E-state index contributed by atoms with van der Waals surface area (Å²) in [6.45, 7) is 1.61. The largest absolute Gasteiger partial charge is 0.331 e. The number of rotatable bonds is 5. The van der Waals surface area contributed by atoms with Gasteiger partial charge in [0.2, 0.25) is 0 Å². The highest BCUT2D eigenvalue weighted by Gasteiger charge is 2.18. The first-order valence-corrected chi connectivity index (χ1v) is 9.45. The smallest absolute Gasteiger partial charge is 0.275 e. The van der Waals surface area contributed by atoms with Crippen LogP contribution in [0.2, 0.25) is 0 Å². The molecular formula is C18H15N5O3S. The third kappa shape index (κ3) is 3.24. The molecule has 0 spiro atoms. The number of nitro groups is 1. The second-order valence-electron chi connectivity index (χ2n) is 5.98. The summed E-state index contributed by atoms with van der Waals surface area (Å²) >= 11 is 0.